The fourth-order valence-corrected chi connectivity index (χ4v) is 2.19. The summed E-state index contributed by atoms with van der Waals surface area (Å²) in [7, 11) is 0. The molecule has 5 nitrogen and oxygen atoms in total. The second-order valence-corrected chi connectivity index (χ2v) is 5.41. The zero-order chi connectivity index (χ0) is 15.6. The van der Waals surface area contributed by atoms with Crippen molar-refractivity contribution in [2.24, 2.45) is 5.16 Å². The molecule has 0 spiro atoms. The van der Waals surface area contributed by atoms with Gasteiger partial charge in [-0.2, -0.15) is 0 Å². The fraction of sp³-hybridized carbons (Fsp3) is 0.438. The monoisotopic (exact) mass is 324 g/mol. The molecule has 0 bridgehead atoms. The molecule has 6 heteroatoms. The Morgan fingerprint density at radius 1 is 1.36 bits per heavy atom. The number of aliphatic hydroxyl groups is 1. The molecule has 1 aromatic carbocycles. The Kier molecular flexibility index (Phi) is 7.39. The van der Waals surface area contributed by atoms with E-state index in [0.29, 0.717) is 19.8 Å². The minimum absolute atomic E-state index is 0.118. The Hall–Kier alpha value is -1.40. The number of oxime groups is 1. The van der Waals surface area contributed by atoms with E-state index in [9.17, 15) is 5.11 Å². The van der Waals surface area contributed by atoms with Crippen molar-refractivity contribution in [1.82, 2.24) is 4.90 Å². The van der Waals surface area contributed by atoms with Gasteiger partial charge in [0.25, 0.3) is 0 Å². The number of rotatable bonds is 7. The van der Waals surface area contributed by atoms with E-state index >= 15 is 0 Å². The van der Waals surface area contributed by atoms with Crippen molar-refractivity contribution >= 4 is 22.8 Å². The van der Waals surface area contributed by atoms with E-state index in [1.165, 1.54) is 0 Å². The molecule has 0 aromatic heterocycles. The number of morpholine rings is 1. The molecule has 0 saturated carbocycles. The van der Waals surface area contributed by atoms with Gasteiger partial charge >= 0.3 is 0 Å². The molecule has 1 aliphatic rings. The predicted molar refractivity (Wildman–Crippen MR) is 88.0 cm³/mol. The number of allylic oxidation sites excluding steroid dienone is 1. The Bertz CT molecular complexity index is 487. The third kappa shape index (κ3) is 6.58. The molecular formula is C16H21ClN2O3. The Morgan fingerprint density at radius 3 is 2.82 bits per heavy atom. The molecule has 1 heterocycles. The van der Waals surface area contributed by atoms with Crippen LogP contribution < -0.4 is 0 Å². The average molecular weight is 325 g/mol. The third-order valence-electron chi connectivity index (χ3n) is 3.20. The number of aliphatic hydroxyl groups excluding tert-OH is 1. The number of halogens is 1. The second-order valence-electron chi connectivity index (χ2n) is 5.02. The van der Waals surface area contributed by atoms with Crippen molar-refractivity contribution in [2.45, 2.75) is 6.10 Å². The zero-order valence-electron chi connectivity index (χ0n) is 12.4. The van der Waals surface area contributed by atoms with E-state index < -0.39 is 6.10 Å². The SMILES string of the molecule is OC(CON=C(Cl)C=Cc1ccccc1)CN1CCOCC1. The molecule has 120 valence electrons. The van der Waals surface area contributed by atoms with Gasteiger partial charge in [0.15, 0.2) is 5.17 Å². The third-order valence-corrected chi connectivity index (χ3v) is 3.40. The lowest BCUT2D eigenvalue weighted by atomic mass is 10.2. The molecule has 22 heavy (non-hydrogen) atoms. The van der Waals surface area contributed by atoms with Crippen molar-refractivity contribution in [2.75, 3.05) is 39.5 Å². The van der Waals surface area contributed by atoms with Crippen LogP contribution in [0, 0.1) is 0 Å². The van der Waals surface area contributed by atoms with Crippen LogP contribution in [0.5, 0.6) is 0 Å². The first-order valence-electron chi connectivity index (χ1n) is 7.31. The number of β-amino-alcohol motifs (C(OH)–C–C–N with tert-alkyl or cyclic N) is 1. The highest BCUT2D eigenvalue weighted by Gasteiger charge is 2.15. The average Bonchev–Trinajstić information content (AvgIpc) is 2.55. The summed E-state index contributed by atoms with van der Waals surface area (Å²) in [6.45, 7) is 3.76. The van der Waals surface area contributed by atoms with Gasteiger partial charge in [-0.15, -0.1) is 0 Å². The van der Waals surface area contributed by atoms with Crippen molar-refractivity contribution < 1.29 is 14.7 Å². The summed E-state index contributed by atoms with van der Waals surface area (Å²) in [5, 5.41) is 13.9. The van der Waals surface area contributed by atoms with E-state index in [4.69, 9.17) is 21.2 Å². The van der Waals surface area contributed by atoms with Gasteiger partial charge in [-0.25, -0.2) is 0 Å². The van der Waals surface area contributed by atoms with Gasteiger partial charge in [0, 0.05) is 19.6 Å². The van der Waals surface area contributed by atoms with E-state index in [1.807, 2.05) is 36.4 Å². The van der Waals surface area contributed by atoms with Crippen molar-refractivity contribution in [3.05, 3.63) is 42.0 Å². The number of benzene rings is 1. The Morgan fingerprint density at radius 2 is 2.09 bits per heavy atom. The van der Waals surface area contributed by atoms with Gasteiger partial charge in [-0.3, -0.25) is 4.90 Å². The standard InChI is InChI=1S/C16H21ClN2O3/c17-16(7-6-14-4-2-1-3-5-14)18-22-13-15(20)12-19-8-10-21-11-9-19/h1-7,15,20H,8-13H2. The Labute approximate surface area is 135 Å². The summed E-state index contributed by atoms with van der Waals surface area (Å²) in [6, 6.07) is 9.78. The van der Waals surface area contributed by atoms with Crippen LogP contribution in [0.3, 0.4) is 0 Å². The van der Waals surface area contributed by atoms with Crippen LogP contribution in [-0.4, -0.2) is 60.7 Å². The van der Waals surface area contributed by atoms with Gasteiger partial charge < -0.3 is 14.7 Å². The normalized spacial score (nSPS) is 18.5. The minimum atomic E-state index is -0.593. The summed E-state index contributed by atoms with van der Waals surface area (Å²) < 4.78 is 5.26. The summed E-state index contributed by atoms with van der Waals surface area (Å²) in [4.78, 5) is 7.22. The molecule has 1 unspecified atom stereocenters. The van der Waals surface area contributed by atoms with Gasteiger partial charge in [0.1, 0.15) is 12.7 Å². The summed E-state index contributed by atoms with van der Waals surface area (Å²) in [5.74, 6) is 0. The molecule has 2 rings (SSSR count). The van der Waals surface area contributed by atoms with E-state index in [0.717, 1.165) is 18.7 Å². The fourth-order valence-electron chi connectivity index (χ4n) is 2.08. The summed E-state index contributed by atoms with van der Waals surface area (Å²) in [6.07, 6.45) is 2.91. The molecule has 0 amide bonds. The first-order chi connectivity index (χ1) is 10.7. The minimum Gasteiger partial charge on any atom is -0.392 e. The maximum atomic E-state index is 9.88. The predicted octanol–water partition coefficient (Wildman–Crippen LogP) is 1.96. The van der Waals surface area contributed by atoms with Crippen LogP contribution in [0.2, 0.25) is 0 Å². The zero-order valence-corrected chi connectivity index (χ0v) is 13.2. The van der Waals surface area contributed by atoms with Crippen molar-refractivity contribution in [3.8, 4) is 0 Å². The van der Waals surface area contributed by atoms with Crippen LogP contribution in [0.4, 0.5) is 0 Å². The highest BCUT2D eigenvalue weighted by Crippen LogP contribution is 2.03. The van der Waals surface area contributed by atoms with Gasteiger partial charge in [0.05, 0.1) is 13.2 Å². The molecule has 1 saturated heterocycles. The van der Waals surface area contributed by atoms with Crippen LogP contribution in [0.25, 0.3) is 6.08 Å². The van der Waals surface area contributed by atoms with Crippen LogP contribution >= 0.6 is 11.6 Å². The number of ether oxygens (including phenoxy) is 1. The number of nitrogens with zero attached hydrogens (tertiary/aromatic N) is 2. The second kappa shape index (κ2) is 9.58. The first-order valence-corrected chi connectivity index (χ1v) is 7.68. The summed E-state index contributed by atoms with van der Waals surface area (Å²) in [5.41, 5.74) is 1.03. The molecule has 1 N–H and O–H groups in total. The quantitative estimate of drug-likeness (QED) is 0.615. The molecule has 1 aromatic rings. The molecular weight excluding hydrogens is 304 g/mol. The van der Waals surface area contributed by atoms with Crippen LogP contribution in [-0.2, 0) is 9.57 Å². The largest absolute Gasteiger partial charge is 0.392 e. The first kappa shape index (κ1) is 17.0. The summed E-state index contributed by atoms with van der Waals surface area (Å²) >= 11 is 5.94. The van der Waals surface area contributed by atoms with Crippen molar-refractivity contribution in [3.63, 3.8) is 0 Å². The number of hydrogen-bond acceptors (Lipinski definition) is 5. The molecule has 0 radical (unpaired) electrons. The molecule has 0 aliphatic carbocycles. The molecule has 1 fully saturated rings. The van der Waals surface area contributed by atoms with E-state index in [2.05, 4.69) is 10.1 Å². The van der Waals surface area contributed by atoms with E-state index in [-0.39, 0.29) is 11.8 Å². The lowest BCUT2D eigenvalue weighted by Gasteiger charge is -2.28. The lowest BCUT2D eigenvalue weighted by molar-refractivity contribution is -0.0129. The van der Waals surface area contributed by atoms with Crippen LogP contribution in [0.1, 0.15) is 5.56 Å². The van der Waals surface area contributed by atoms with Crippen LogP contribution in [0.15, 0.2) is 41.6 Å². The smallest absolute Gasteiger partial charge is 0.168 e. The topological polar surface area (TPSA) is 54.3 Å². The highest BCUT2D eigenvalue weighted by atomic mass is 35.5. The highest BCUT2D eigenvalue weighted by molar-refractivity contribution is 6.68. The molecule has 1 aliphatic heterocycles. The number of hydrogen-bond donors (Lipinski definition) is 1. The van der Waals surface area contributed by atoms with Gasteiger partial charge in [-0.05, 0) is 11.6 Å². The maximum Gasteiger partial charge on any atom is 0.168 e. The molecule has 1 atom stereocenters. The maximum absolute atomic E-state index is 9.88. The van der Waals surface area contributed by atoms with Crippen molar-refractivity contribution in [1.29, 1.82) is 0 Å². The van der Waals surface area contributed by atoms with E-state index in [1.54, 1.807) is 6.08 Å². The lowest BCUT2D eigenvalue weighted by Crippen LogP contribution is -2.42. The Balaban J connectivity index is 1.68. The van der Waals surface area contributed by atoms with Gasteiger partial charge in [-0.1, -0.05) is 53.2 Å². The van der Waals surface area contributed by atoms with Gasteiger partial charge in [0.2, 0.25) is 0 Å².